The van der Waals surface area contributed by atoms with Crippen molar-refractivity contribution in [2.24, 2.45) is 7.05 Å². The van der Waals surface area contributed by atoms with Crippen LogP contribution in [0.2, 0.25) is 10.0 Å². The lowest BCUT2D eigenvalue weighted by atomic mass is 10.2. The van der Waals surface area contributed by atoms with Gasteiger partial charge >= 0.3 is 0 Å². The van der Waals surface area contributed by atoms with Crippen LogP contribution in [0.5, 0.6) is 0 Å². The van der Waals surface area contributed by atoms with E-state index in [1.807, 2.05) is 0 Å². The number of halogens is 3. The molecule has 0 saturated carbocycles. The van der Waals surface area contributed by atoms with Crippen LogP contribution in [0.15, 0.2) is 47.6 Å². The number of rotatable bonds is 5. The van der Waals surface area contributed by atoms with Crippen LogP contribution < -0.4 is 5.32 Å². The zero-order chi connectivity index (χ0) is 18.7. The molecule has 0 aliphatic carbocycles. The number of hydrogen-bond donors (Lipinski definition) is 1. The molecule has 0 unspecified atom stereocenters. The summed E-state index contributed by atoms with van der Waals surface area (Å²) >= 11 is 13.2. The van der Waals surface area contributed by atoms with Crippen LogP contribution in [0.4, 0.5) is 10.1 Å². The third kappa shape index (κ3) is 4.35. The molecule has 1 heterocycles. The van der Waals surface area contributed by atoms with Gasteiger partial charge in [0.05, 0.1) is 16.5 Å². The molecule has 0 fully saturated rings. The standard InChI is InChI=1S/C17H13Cl2FN4OS/c1-24-16(10-2-5-12(20)6-3-10)22-23-17(24)26-9-15(25)21-14-8-11(18)4-7-13(14)19/h2-8H,9H2,1H3,(H,21,25). The fraction of sp³-hybridized carbons (Fsp3) is 0.118. The van der Waals surface area contributed by atoms with E-state index in [0.717, 1.165) is 5.56 Å². The van der Waals surface area contributed by atoms with Gasteiger partial charge in [-0.1, -0.05) is 35.0 Å². The summed E-state index contributed by atoms with van der Waals surface area (Å²) in [5, 5.41) is 12.3. The third-order valence-corrected chi connectivity index (χ3v) is 5.06. The number of carbonyl (C=O) groups is 1. The molecule has 0 aliphatic heterocycles. The number of amides is 1. The summed E-state index contributed by atoms with van der Waals surface area (Å²) in [6.45, 7) is 0. The first kappa shape index (κ1) is 18.7. The van der Waals surface area contributed by atoms with Gasteiger partial charge in [0.15, 0.2) is 11.0 Å². The number of anilines is 1. The van der Waals surface area contributed by atoms with Gasteiger partial charge in [-0.15, -0.1) is 10.2 Å². The molecule has 1 aromatic heterocycles. The molecule has 3 rings (SSSR count). The molecule has 0 saturated heterocycles. The second-order valence-electron chi connectivity index (χ2n) is 5.33. The van der Waals surface area contributed by atoms with Crippen LogP contribution in [0.25, 0.3) is 11.4 Å². The number of benzene rings is 2. The average Bonchev–Trinajstić information content (AvgIpc) is 2.98. The van der Waals surface area contributed by atoms with E-state index in [0.29, 0.717) is 26.7 Å². The Kier molecular flexibility index (Phi) is 5.80. The number of nitrogens with zero attached hydrogens (tertiary/aromatic N) is 3. The van der Waals surface area contributed by atoms with E-state index in [-0.39, 0.29) is 17.5 Å². The van der Waals surface area contributed by atoms with Crippen molar-refractivity contribution in [2.45, 2.75) is 5.16 Å². The van der Waals surface area contributed by atoms with Gasteiger partial charge in [-0.3, -0.25) is 4.79 Å². The summed E-state index contributed by atoms with van der Waals surface area (Å²) in [6, 6.07) is 10.8. The highest BCUT2D eigenvalue weighted by Crippen LogP contribution is 2.26. The molecule has 3 aromatic rings. The van der Waals surface area contributed by atoms with Crippen LogP contribution in [0.1, 0.15) is 0 Å². The van der Waals surface area contributed by atoms with Crippen molar-refractivity contribution in [3.05, 3.63) is 58.3 Å². The van der Waals surface area contributed by atoms with Crippen LogP contribution in [0, 0.1) is 5.82 Å². The van der Waals surface area contributed by atoms with Crippen LogP contribution in [0.3, 0.4) is 0 Å². The SMILES string of the molecule is Cn1c(SCC(=O)Nc2cc(Cl)ccc2Cl)nnc1-c1ccc(F)cc1. The summed E-state index contributed by atoms with van der Waals surface area (Å²) < 4.78 is 14.8. The van der Waals surface area contributed by atoms with Crippen LogP contribution >= 0.6 is 35.0 Å². The smallest absolute Gasteiger partial charge is 0.234 e. The first-order chi connectivity index (χ1) is 12.4. The number of aromatic nitrogens is 3. The highest BCUT2D eigenvalue weighted by molar-refractivity contribution is 7.99. The number of thioether (sulfide) groups is 1. The van der Waals surface area contributed by atoms with Gasteiger partial charge in [-0.2, -0.15) is 0 Å². The molecule has 0 bridgehead atoms. The Balaban J connectivity index is 1.65. The zero-order valence-corrected chi connectivity index (χ0v) is 15.9. The van der Waals surface area contributed by atoms with Crippen molar-refractivity contribution in [1.29, 1.82) is 0 Å². The predicted molar refractivity (Wildman–Crippen MR) is 102 cm³/mol. The summed E-state index contributed by atoms with van der Waals surface area (Å²) in [5.41, 5.74) is 1.19. The van der Waals surface area contributed by atoms with Crippen molar-refractivity contribution < 1.29 is 9.18 Å². The first-order valence-corrected chi connectivity index (χ1v) is 9.21. The number of hydrogen-bond acceptors (Lipinski definition) is 4. The Morgan fingerprint density at radius 3 is 2.65 bits per heavy atom. The van der Waals surface area contributed by atoms with Crippen molar-refractivity contribution in [1.82, 2.24) is 14.8 Å². The fourth-order valence-electron chi connectivity index (χ4n) is 2.20. The Labute approximate surface area is 163 Å². The average molecular weight is 411 g/mol. The maximum Gasteiger partial charge on any atom is 0.234 e. The maximum absolute atomic E-state index is 13.0. The predicted octanol–water partition coefficient (Wildman–Crippen LogP) is 4.66. The van der Waals surface area contributed by atoms with Gasteiger partial charge in [-0.25, -0.2) is 4.39 Å². The van der Waals surface area contributed by atoms with Crippen molar-refractivity contribution in [2.75, 3.05) is 11.1 Å². The summed E-state index contributed by atoms with van der Waals surface area (Å²) in [6.07, 6.45) is 0. The molecule has 0 aliphatic rings. The normalized spacial score (nSPS) is 10.8. The van der Waals surface area contributed by atoms with Gasteiger partial charge in [0.25, 0.3) is 0 Å². The number of carbonyl (C=O) groups excluding carboxylic acids is 1. The molecule has 1 amide bonds. The third-order valence-electron chi connectivity index (χ3n) is 3.47. The van der Waals surface area contributed by atoms with E-state index in [1.165, 1.54) is 23.9 Å². The van der Waals surface area contributed by atoms with E-state index < -0.39 is 0 Å². The molecular formula is C17H13Cl2FN4OS. The largest absolute Gasteiger partial charge is 0.324 e. The second-order valence-corrected chi connectivity index (χ2v) is 7.12. The van der Waals surface area contributed by atoms with Gasteiger partial charge < -0.3 is 9.88 Å². The molecule has 26 heavy (non-hydrogen) atoms. The lowest BCUT2D eigenvalue weighted by Crippen LogP contribution is -2.14. The Morgan fingerprint density at radius 1 is 1.19 bits per heavy atom. The highest BCUT2D eigenvalue weighted by atomic mass is 35.5. The second kappa shape index (κ2) is 8.07. The molecule has 5 nitrogen and oxygen atoms in total. The van der Waals surface area contributed by atoms with E-state index in [9.17, 15) is 9.18 Å². The lowest BCUT2D eigenvalue weighted by Gasteiger charge is -2.07. The Bertz CT molecular complexity index is 946. The molecular weight excluding hydrogens is 398 g/mol. The summed E-state index contributed by atoms with van der Waals surface area (Å²) in [4.78, 5) is 12.1. The molecule has 0 spiro atoms. The first-order valence-electron chi connectivity index (χ1n) is 7.47. The van der Waals surface area contributed by atoms with Crippen LogP contribution in [-0.2, 0) is 11.8 Å². The highest BCUT2D eigenvalue weighted by Gasteiger charge is 2.14. The lowest BCUT2D eigenvalue weighted by molar-refractivity contribution is -0.113. The van der Waals surface area contributed by atoms with E-state index in [4.69, 9.17) is 23.2 Å². The van der Waals surface area contributed by atoms with Gasteiger partial charge in [0.2, 0.25) is 5.91 Å². The minimum atomic E-state index is -0.318. The van der Waals surface area contributed by atoms with Gasteiger partial charge in [0, 0.05) is 17.6 Å². The summed E-state index contributed by atoms with van der Waals surface area (Å²) in [5.74, 6) is 0.149. The Morgan fingerprint density at radius 2 is 1.92 bits per heavy atom. The maximum atomic E-state index is 13.0. The van der Waals surface area contributed by atoms with Gasteiger partial charge in [0.1, 0.15) is 5.82 Å². The van der Waals surface area contributed by atoms with E-state index in [2.05, 4.69) is 15.5 Å². The number of nitrogens with one attached hydrogen (secondary N) is 1. The Hall–Kier alpha value is -2.09. The van der Waals surface area contributed by atoms with Crippen molar-refractivity contribution in [3.8, 4) is 11.4 Å². The zero-order valence-electron chi connectivity index (χ0n) is 13.5. The topological polar surface area (TPSA) is 59.8 Å². The minimum Gasteiger partial charge on any atom is -0.324 e. The monoisotopic (exact) mass is 410 g/mol. The van der Waals surface area contributed by atoms with E-state index in [1.54, 1.807) is 41.9 Å². The fourth-order valence-corrected chi connectivity index (χ4v) is 3.25. The molecule has 1 N–H and O–H groups in total. The molecule has 2 aromatic carbocycles. The van der Waals surface area contributed by atoms with E-state index >= 15 is 0 Å². The van der Waals surface area contributed by atoms with Crippen molar-refractivity contribution >= 4 is 46.6 Å². The quantitative estimate of drug-likeness (QED) is 0.621. The van der Waals surface area contributed by atoms with Crippen molar-refractivity contribution in [3.63, 3.8) is 0 Å². The molecule has 9 heteroatoms. The van der Waals surface area contributed by atoms with Gasteiger partial charge in [-0.05, 0) is 42.5 Å². The van der Waals surface area contributed by atoms with Crippen LogP contribution in [-0.4, -0.2) is 26.4 Å². The molecule has 134 valence electrons. The molecule has 0 radical (unpaired) electrons. The minimum absolute atomic E-state index is 0.123. The molecule has 0 atom stereocenters. The summed E-state index contributed by atoms with van der Waals surface area (Å²) in [7, 11) is 1.78.